The quantitative estimate of drug-likeness (QED) is 0.822. The summed E-state index contributed by atoms with van der Waals surface area (Å²) in [5.41, 5.74) is 0.750. The van der Waals surface area contributed by atoms with Gasteiger partial charge in [-0.25, -0.2) is 9.98 Å². The van der Waals surface area contributed by atoms with E-state index >= 15 is 0 Å². The van der Waals surface area contributed by atoms with E-state index < -0.39 is 5.66 Å². The van der Waals surface area contributed by atoms with Crippen LogP contribution in [0.25, 0.3) is 0 Å². The Labute approximate surface area is 110 Å². The lowest BCUT2D eigenvalue weighted by Gasteiger charge is -2.09. The predicted molar refractivity (Wildman–Crippen MR) is 72.9 cm³/mol. The molecule has 94 valence electrons. The molecule has 0 fully saturated rings. The molecule has 0 radical (unpaired) electrons. The van der Waals surface area contributed by atoms with Gasteiger partial charge in [0.05, 0.1) is 0 Å². The van der Waals surface area contributed by atoms with Crippen molar-refractivity contribution in [2.24, 2.45) is 9.98 Å². The average molecular weight is 262 g/mol. The maximum Gasteiger partial charge on any atom is 0.248 e. The molecule has 2 aliphatic rings. The molecule has 1 aromatic rings. The molecule has 3 rings (SSSR count). The van der Waals surface area contributed by atoms with Crippen molar-refractivity contribution in [3.63, 3.8) is 0 Å². The van der Waals surface area contributed by atoms with E-state index in [2.05, 4.69) is 22.1 Å². The van der Waals surface area contributed by atoms with Gasteiger partial charge in [-0.15, -0.1) is 0 Å². The zero-order chi connectivity index (χ0) is 12.4. The van der Waals surface area contributed by atoms with Crippen molar-refractivity contribution in [1.82, 2.24) is 0 Å². The predicted octanol–water partition coefficient (Wildman–Crippen LogP) is 2.45. The standard InChI is InChI=1S/C13H14N2O2S/c1-10-14-13(8-16-10)9-17-12(15-13)18-7-11-5-3-2-4-6-11/h2-6H,7-9H2,1H3. The van der Waals surface area contributed by atoms with Crippen molar-refractivity contribution in [3.8, 4) is 0 Å². The van der Waals surface area contributed by atoms with Crippen molar-refractivity contribution in [1.29, 1.82) is 0 Å². The van der Waals surface area contributed by atoms with Crippen LogP contribution in [-0.2, 0) is 15.2 Å². The number of hydrogen-bond acceptors (Lipinski definition) is 5. The summed E-state index contributed by atoms with van der Waals surface area (Å²) >= 11 is 1.60. The maximum atomic E-state index is 5.59. The van der Waals surface area contributed by atoms with Gasteiger partial charge in [-0.3, -0.25) is 0 Å². The molecule has 2 heterocycles. The molecule has 1 spiro atoms. The lowest BCUT2D eigenvalue weighted by Crippen LogP contribution is -2.26. The van der Waals surface area contributed by atoms with Gasteiger partial charge in [-0.1, -0.05) is 42.1 Å². The van der Waals surface area contributed by atoms with Crippen molar-refractivity contribution in [3.05, 3.63) is 35.9 Å². The van der Waals surface area contributed by atoms with Gasteiger partial charge in [-0.05, 0) is 5.56 Å². The summed E-state index contributed by atoms with van der Waals surface area (Å²) < 4.78 is 10.9. The number of aliphatic imine (C=N–C) groups is 2. The summed E-state index contributed by atoms with van der Waals surface area (Å²) in [4.78, 5) is 8.92. The molecule has 5 heteroatoms. The Morgan fingerprint density at radius 3 is 2.67 bits per heavy atom. The fourth-order valence-corrected chi connectivity index (χ4v) is 2.77. The second-order valence-electron chi connectivity index (χ2n) is 4.34. The third-order valence-corrected chi connectivity index (χ3v) is 3.74. The highest BCUT2D eigenvalue weighted by molar-refractivity contribution is 8.12. The van der Waals surface area contributed by atoms with E-state index in [0.29, 0.717) is 24.3 Å². The number of ether oxygens (including phenoxy) is 2. The zero-order valence-electron chi connectivity index (χ0n) is 10.1. The largest absolute Gasteiger partial charge is 0.476 e. The summed E-state index contributed by atoms with van der Waals surface area (Å²) in [6.07, 6.45) is 0. The summed E-state index contributed by atoms with van der Waals surface area (Å²) in [5, 5.41) is 0.709. The molecule has 1 unspecified atom stereocenters. The molecule has 2 aliphatic heterocycles. The molecule has 0 N–H and O–H groups in total. The van der Waals surface area contributed by atoms with Crippen molar-refractivity contribution < 1.29 is 9.47 Å². The van der Waals surface area contributed by atoms with Gasteiger partial charge in [0, 0.05) is 12.7 Å². The van der Waals surface area contributed by atoms with Crippen LogP contribution in [0.15, 0.2) is 40.3 Å². The van der Waals surface area contributed by atoms with E-state index in [1.165, 1.54) is 5.56 Å². The van der Waals surface area contributed by atoms with E-state index in [4.69, 9.17) is 9.47 Å². The second-order valence-corrected chi connectivity index (χ2v) is 5.27. The molecule has 0 saturated carbocycles. The third kappa shape index (κ3) is 2.36. The molecule has 18 heavy (non-hydrogen) atoms. The Bertz CT molecular complexity index is 501. The summed E-state index contributed by atoms with van der Waals surface area (Å²) in [5.74, 6) is 1.55. The first-order chi connectivity index (χ1) is 8.76. The number of hydrogen-bond donors (Lipinski definition) is 0. The van der Waals surface area contributed by atoms with Crippen LogP contribution in [0.5, 0.6) is 0 Å². The Hall–Kier alpha value is -1.49. The SMILES string of the molecule is CC1=NC2(CO1)COC(SCc1ccccc1)=N2. The number of benzene rings is 1. The monoisotopic (exact) mass is 262 g/mol. The molecule has 0 amide bonds. The smallest absolute Gasteiger partial charge is 0.248 e. The molecule has 0 aliphatic carbocycles. The van der Waals surface area contributed by atoms with Crippen LogP contribution in [0.4, 0.5) is 0 Å². The van der Waals surface area contributed by atoms with E-state index in [9.17, 15) is 0 Å². The first kappa shape index (κ1) is 11.6. The molecule has 4 nitrogen and oxygen atoms in total. The van der Waals surface area contributed by atoms with Crippen LogP contribution in [0.3, 0.4) is 0 Å². The normalized spacial score (nSPS) is 25.6. The first-order valence-corrected chi connectivity index (χ1v) is 6.83. The van der Waals surface area contributed by atoms with Crippen molar-refractivity contribution in [2.45, 2.75) is 18.3 Å². The molecule has 0 saturated heterocycles. The Morgan fingerprint density at radius 2 is 1.94 bits per heavy atom. The first-order valence-electron chi connectivity index (χ1n) is 5.84. The Balaban J connectivity index is 1.63. The van der Waals surface area contributed by atoms with Gasteiger partial charge >= 0.3 is 0 Å². The highest BCUT2D eigenvalue weighted by atomic mass is 32.2. The molecular weight excluding hydrogens is 248 g/mol. The fourth-order valence-electron chi connectivity index (χ4n) is 1.91. The molecule has 1 atom stereocenters. The topological polar surface area (TPSA) is 43.2 Å². The van der Waals surface area contributed by atoms with E-state index in [-0.39, 0.29) is 0 Å². The van der Waals surface area contributed by atoms with Gasteiger partial charge in [0.25, 0.3) is 0 Å². The molecular formula is C13H14N2O2S. The lowest BCUT2D eigenvalue weighted by molar-refractivity contribution is 0.205. The summed E-state index contributed by atoms with van der Waals surface area (Å²) in [7, 11) is 0. The Morgan fingerprint density at radius 1 is 1.17 bits per heavy atom. The fraction of sp³-hybridized carbons (Fsp3) is 0.385. The van der Waals surface area contributed by atoms with Gasteiger partial charge < -0.3 is 9.47 Å². The highest BCUT2D eigenvalue weighted by Crippen LogP contribution is 2.30. The maximum absolute atomic E-state index is 5.59. The summed E-state index contributed by atoms with van der Waals surface area (Å²) in [6.45, 7) is 2.83. The average Bonchev–Trinajstić information content (AvgIpc) is 2.96. The third-order valence-electron chi connectivity index (χ3n) is 2.81. The molecule has 1 aromatic carbocycles. The van der Waals surface area contributed by atoms with Crippen LogP contribution in [-0.4, -0.2) is 30.0 Å². The van der Waals surface area contributed by atoms with Gasteiger partial charge in [-0.2, -0.15) is 0 Å². The van der Waals surface area contributed by atoms with Crippen LogP contribution >= 0.6 is 11.8 Å². The van der Waals surface area contributed by atoms with Crippen molar-refractivity contribution in [2.75, 3.05) is 13.2 Å². The minimum Gasteiger partial charge on any atom is -0.476 e. The highest BCUT2D eigenvalue weighted by Gasteiger charge is 2.41. The minimum atomic E-state index is -0.511. The van der Waals surface area contributed by atoms with E-state index in [1.54, 1.807) is 11.8 Å². The number of thioether (sulfide) groups is 1. The Kier molecular flexibility index (Phi) is 2.99. The minimum absolute atomic E-state index is 0.488. The van der Waals surface area contributed by atoms with Crippen LogP contribution < -0.4 is 0 Å². The van der Waals surface area contributed by atoms with E-state index in [1.807, 2.05) is 25.1 Å². The van der Waals surface area contributed by atoms with Crippen molar-refractivity contribution >= 4 is 22.9 Å². The van der Waals surface area contributed by atoms with Crippen LogP contribution in [0.2, 0.25) is 0 Å². The lowest BCUT2D eigenvalue weighted by atomic mass is 10.2. The number of rotatable bonds is 2. The second kappa shape index (κ2) is 4.65. The summed E-state index contributed by atoms with van der Waals surface area (Å²) in [6, 6.07) is 10.3. The van der Waals surface area contributed by atoms with E-state index in [0.717, 1.165) is 5.75 Å². The van der Waals surface area contributed by atoms with Crippen LogP contribution in [0.1, 0.15) is 12.5 Å². The molecule has 0 aromatic heterocycles. The molecule has 0 bridgehead atoms. The zero-order valence-corrected chi connectivity index (χ0v) is 10.9. The van der Waals surface area contributed by atoms with Crippen LogP contribution in [0, 0.1) is 0 Å². The van der Waals surface area contributed by atoms with Gasteiger partial charge in [0.1, 0.15) is 13.2 Å². The number of nitrogens with zero attached hydrogens (tertiary/aromatic N) is 2. The van der Waals surface area contributed by atoms with Gasteiger partial charge in [0.2, 0.25) is 10.9 Å². The van der Waals surface area contributed by atoms with Gasteiger partial charge in [0.15, 0.2) is 5.90 Å².